The van der Waals surface area contributed by atoms with E-state index in [-0.39, 0.29) is 11.8 Å². The fraction of sp³-hybridized carbons (Fsp3) is 0.150. The number of benzene rings is 2. The van der Waals surface area contributed by atoms with E-state index in [1.54, 1.807) is 30.3 Å². The van der Waals surface area contributed by atoms with Gasteiger partial charge in [0.25, 0.3) is 5.91 Å². The van der Waals surface area contributed by atoms with Crippen molar-refractivity contribution in [1.82, 2.24) is 10.3 Å². The summed E-state index contributed by atoms with van der Waals surface area (Å²) < 4.78 is 1.09. The summed E-state index contributed by atoms with van der Waals surface area (Å²) in [4.78, 5) is 28.5. The van der Waals surface area contributed by atoms with Crippen LogP contribution in [0.1, 0.15) is 28.2 Å². The Labute approximate surface area is 154 Å². The Hall–Kier alpha value is -2.99. The van der Waals surface area contributed by atoms with E-state index >= 15 is 0 Å². The summed E-state index contributed by atoms with van der Waals surface area (Å²) in [5, 5.41) is 6.51. The topological polar surface area (TPSA) is 71.1 Å². The van der Waals surface area contributed by atoms with E-state index in [9.17, 15) is 9.59 Å². The zero-order chi connectivity index (χ0) is 17.9. The number of thiazole rings is 1. The summed E-state index contributed by atoms with van der Waals surface area (Å²) >= 11 is 1.54. The van der Waals surface area contributed by atoms with Crippen LogP contribution in [0.5, 0.6) is 0 Å². The van der Waals surface area contributed by atoms with Crippen molar-refractivity contribution in [2.75, 3.05) is 5.32 Å². The number of fused-ring (bicyclic) bond motifs is 1. The summed E-state index contributed by atoms with van der Waals surface area (Å²) in [6.07, 6.45) is 5.28. The molecule has 1 heterocycles. The number of aromatic nitrogens is 1. The number of rotatable bonds is 5. The first kappa shape index (κ1) is 16.5. The number of para-hydroxylation sites is 1. The Morgan fingerprint density at radius 2 is 1.85 bits per heavy atom. The monoisotopic (exact) mass is 363 g/mol. The van der Waals surface area contributed by atoms with Gasteiger partial charge in [0.15, 0.2) is 0 Å². The van der Waals surface area contributed by atoms with E-state index in [2.05, 4.69) is 15.6 Å². The minimum Gasteiger partial charge on any atom is -0.349 e. The lowest BCUT2D eigenvalue weighted by Crippen LogP contribution is -2.25. The molecule has 130 valence electrons. The van der Waals surface area contributed by atoms with Crippen molar-refractivity contribution in [3.63, 3.8) is 0 Å². The van der Waals surface area contributed by atoms with Crippen molar-refractivity contribution >= 4 is 45.1 Å². The molecular weight excluding hydrogens is 346 g/mol. The standard InChI is InChI=1S/C20H17N3O2S/c24-18(11-12-19-23-16-3-1-2-4-17(16)26-19)21-14-7-5-13(6-8-14)20(25)22-15-9-10-15/h1-8,11-12,15H,9-10H2,(H,21,24)(H,22,25)/b12-11+. The lowest BCUT2D eigenvalue weighted by atomic mass is 10.2. The SMILES string of the molecule is O=C(/C=C/c1nc2ccccc2s1)Nc1ccc(C(=O)NC2CC2)cc1. The van der Waals surface area contributed by atoms with E-state index < -0.39 is 0 Å². The van der Waals surface area contributed by atoms with Gasteiger partial charge in [0.05, 0.1) is 10.2 Å². The molecule has 4 rings (SSSR count). The molecule has 2 amide bonds. The molecule has 2 aromatic carbocycles. The van der Waals surface area contributed by atoms with Crippen LogP contribution in [-0.2, 0) is 4.79 Å². The van der Waals surface area contributed by atoms with Gasteiger partial charge in [-0.05, 0) is 55.3 Å². The molecule has 0 aliphatic heterocycles. The summed E-state index contributed by atoms with van der Waals surface area (Å²) in [6.45, 7) is 0. The number of carbonyl (C=O) groups is 2. The first-order valence-corrected chi connectivity index (χ1v) is 9.24. The predicted molar refractivity (Wildman–Crippen MR) is 104 cm³/mol. The molecule has 0 atom stereocenters. The second-order valence-electron chi connectivity index (χ2n) is 6.17. The van der Waals surface area contributed by atoms with Crippen LogP contribution in [0.2, 0.25) is 0 Å². The van der Waals surface area contributed by atoms with E-state index in [0.717, 1.165) is 28.1 Å². The largest absolute Gasteiger partial charge is 0.349 e. The third-order valence-corrected chi connectivity index (χ3v) is 5.02. The quantitative estimate of drug-likeness (QED) is 0.677. The van der Waals surface area contributed by atoms with Crippen LogP contribution in [0.4, 0.5) is 5.69 Å². The predicted octanol–water partition coefficient (Wildman–Crippen LogP) is 3.84. The smallest absolute Gasteiger partial charge is 0.251 e. The van der Waals surface area contributed by atoms with Gasteiger partial charge in [-0.2, -0.15) is 0 Å². The van der Waals surface area contributed by atoms with Gasteiger partial charge in [-0.1, -0.05) is 12.1 Å². The number of carbonyl (C=O) groups excluding carboxylic acids is 2. The molecule has 3 aromatic rings. The first-order valence-electron chi connectivity index (χ1n) is 8.43. The van der Waals surface area contributed by atoms with Gasteiger partial charge in [-0.25, -0.2) is 4.98 Å². The first-order chi connectivity index (χ1) is 12.7. The molecule has 5 nitrogen and oxygen atoms in total. The normalized spacial score (nSPS) is 13.8. The third kappa shape index (κ3) is 3.97. The second kappa shape index (κ2) is 7.09. The van der Waals surface area contributed by atoms with Crippen LogP contribution in [0.15, 0.2) is 54.6 Å². The fourth-order valence-corrected chi connectivity index (χ4v) is 3.36. The molecule has 26 heavy (non-hydrogen) atoms. The van der Waals surface area contributed by atoms with Gasteiger partial charge in [-0.15, -0.1) is 11.3 Å². The molecule has 0 unspecified atom stereocenters. The summed E-state index contributed by atoms with van der Waals surface area (Å²) in [6, 6.07) is 15.1. The highest BCUT2D eigenvalue weighted by molar-refractivity contribution is 7.19. The molecule has 0 saturated heterocycles. The molecule has 1 fully saturated rings. The highest BCUT2D eigenvalue weighted by Crippen LogP contribution is 2.22. The Kier molecular flexibility index (Phi) is 4.50. The summed E-state index contributed by atoms with van der Waals surface area (Å²) in [7, 11) is 0. The number of nitrogens with one attached hydrogen (secondary N) is 2. The zero-order valence-corrected chi connectivity index (χ0v) is 14.8. The molecule has 1 aliphatic rings. The highest BCUT2D eigenvalue weighted by atomic mass is 32.1. The van der Waals surface area contributed by atoms with Gasteiger partial charge in [0.2, 0.25) is 5.91 Å². The average molecular weight is 363 g/mol. The van der Waals surface area contributed by atoms with Gasteiger partial charge in [0.1, 0.15) is 5.01 Å². The van der Waals surface area contributed by atoms with E-state index in [1.165, 1.54) is 17.4 Å². The summed E-state index contributed by atoms with van der Waals surface area (Å²) in [5.74, 6) is -0.305. The number of amides is 2. The van der Waals surface area contributed by atoms with Crippen molar-refractivity contribution < 1.29 is 9.59 Å². The van der Waals surface area contributed by atoms with Crippen molar-refractivity contribution in [3.8, 4) is 0 Å². The van der Waals surface area contributed by atoms with Crippen LogP contribution < -0.4 is 10.6 Å². The molecule has 1 aromatic heterocycles. The van der Waals surface area contributed by atoms with Crippen molar-refractivity contribution in [2.24, 2.45) is 0 Å². The minimum atomic E-state index is -0.237. The van der Waals surface area contributed by atoms with Gasteiger partial charge in [-0.3, -0.25) is 9.59 Å². The number of hydrogen-bond donors (Lipinski definition) is 2. The Bertz CT molecular complexity index is 955. The molecule has 0 radical (unpaired) electrons. The highest BCUT2D eigenvalue weighted by Gasteiger charge is 2.23. The van der Waals surface area contributed by atoms with Crippen LogP contribution in [-0.4, -0.2) is 22.8 Å². The van der Waals surface area contributed by atoms with Gasteiger partial charge in [0, 0.05) is 23.4 Å². The molecule has 6 heteroatoms. The Morgan fingerprint density at radius 1 is 1.08 bits per heavy atom. The lowest BCUT2D eigenvalue weighted by Gasteiger charge is -2.05. The van der Waals surface area contributed by atoms with Crippen molar-refractivity contribution in [2.45, 2.75) is 18.9 Å². The average Bonchev–Trinajstić information content (AvgIpc) is 3.36. The van der Waals surface area contributed by atoms with Crippen LogP contribution in [0.25, 0.3) is 16.3 Å². The van der Waals surface area contributed by atoms with E-state index in [0.29, 0.717) is 17.3 Å². The maximum Gasteiger partial charge on any atom is 0.251 e. The fourth-order valence-electron chi connectivity index (χ4n) is 2.49. The Balaban J connectivity index is 1.37. The lowest BCUT2D eigenvalue weighted by molar-refractivity contribution is -0.111. The zero-order valence-electron chi connectivity index (χ0n) is 13.9. The molecule has 0 bridgehead atoms. The van der Waals surface area contributed by atoms with Gasteiger partial charge >= 0.3 is 0 Å². The molecule has 2 N–H and O–H groups in total. The second-order valence-corrected chi connectivity index (χ2v) is 7.23. The maximum atomic E-state index is 12.1. The van der Waals surface area contributed by atoms with E-state index in [1.807, 2.05) is 24.3 Å². The molecule has 1 saturated carbocycles. The summed E-state index contributed by atoms with van der Waals surface area (Å²) in [5.41, 5.74) is 2.17. The van der Waals surface area contributed by atoms with Crippen LogP contribution >= 0.6 is 11.3 Å². The van der Waals surface area contributed by atoms with Crippen LogP contribution in [0.3, 0.4) is 0 Å². The Morgan fingerprint density at radius 3 is 2.58 bits per heavy atom. The number of hydrogen-bond acceptors (Lipinski definition) is 4. The van der Waals surface area contributed by atoms with Gasteiger partial charge < -0.3 is 10.6 Å². The van der Waals surface area contributed by atoms with Crippen molar-refractivity contribution in [1.29, 1.82) is 0 Å². The maximum absolute atomic E-state index is 12.1. The van der Waals surface area contributed by atoms with Crippen LogP contribution in [0, 0.1) is 0 Å². The molecule has 0 spiro atoms. The molecular formula is C20H17N3O2S. The number of anilines is 1. The molecule has 1 aliphatic carbocycles. The minimum absolute atomic E-state index is 0.0684. The third-order valence-electron chi connectivity index (χ3n) is 4.01. The van der Waals surface area contributed by atoms with E-state index in [4.69, 9.17) is 0 Å². The number of nitrogens with zero attached hydrogens (tertiary/aromatic N) is 1. The van der Waals surface area contributed by atoms with Crippen molar-refractivity contribution in [3.05, 3.63) is 65.2 Å².